The van der Waals surface area contributed by atoms with Gasteiger partial charge in [-0.3, -0.25) is 0 Å². The molecule has 0 amide bonds. The van der Waals surface area contributed by atoms with E-state index in [1.54, 1.807) is 0 Å². The third-order valence-electron chi connectivity index (χ3n) is 11.4. The van der Waals surface area contributed by atoms with E-state index in [0.717, 1.165) is 82.7 Å². The average Bonchev–Trinajstić information content (AvgIpc) is 3.93. The molecule has 12 rings (SSSR count). The van der Waals surface area contributed by atoms with Gasteiger partial charge in [-0.05, 0) is 74.1 Å². The first-order valence-electron chi connectivity index (χ1n) is 20.0. The number of furan rings is 1. The lowest BCUT2D eigenvalue weighted by Crippen LogP contribution is -2.00. The van der Waals surface area contributed by atoms with E-state index in [2.05, 4.69) is 109 Å². The summed E-state index contributed by atoms with van der Waals surface area (Å²) in [6.45, 7) is 0. The number of nitrogens with zero attached hydrogens (tertiary/aromatic N) is 4. The normalized spacial score (nSPS) is 11.7. The fourth-order valence-corrected chi connectivity index (χ4v) is 8.46. The van der Waals surface area contributed by atoms with Gasteiger partial charge in [0.05, 0.1) is 0 Å². The van der Waals surface area contributed by atoms with Gasteiger partial charge in [0.25, 0.3) is 0 Å². The Morgan fingerprint density at radius 3 is 1.52 bits per heavy atom. The molecule has 3 heterocycles. The summed E-state index contributed by atoms with van der Waals surface area (Å²) >= 11 is 0. The molecule has 60 heavy (non-hydrogen) atoms. The lowest BCUT2D eigenvalue weighted by molar-refractivity contribution is 0.620. The zero-order valence-corrected chi connectivity index (χ0v) is 32.1. The number of hydrogen-bond acceptors (Lipinski definition) is 6. The van der Waals surface area contributed by atoms with Crippen molar-refractivity contribution in [2.75, 3.05) is 0 Å². The van der Waals surface area contributed by atoms with Gasteiger partial charge < -0.3 is 8.83 Å². The van der Waals surface area contributed by atoms with Gasteiger partial charge in [0.2, 0.25) is 5.89 Å². The molecule has 6 heteroatoms. The molecular formula is C54H32N4O2. The Balaban J connectivity index is 0.913. The topological polar surface area (TPSA) is 77.8 Å². The van der Waals surface area contributed by atoms with E-state index < -0.39 is 0 Å². The van der Waals surface area contributed by atoms with Gasteiger partial charge in [-0.25, -0.2) is 19.9 Å². The predicted octanol–water partition coefficient (Wildman–Crippen LogP) is 14.2. The number of rotatable bonds is 6. The van der Waals surface area contributed by atoms with Gasteiger partial charge in [-0.1, -0.05) is 164 Å². The molecule has 0 bridgehead atoms. The first kappa shape index (κ1) is 33.9. The summed E-state index contributed by atoms with van der Waals surface area (Å²) in [4.78, 5) is 19.7. The molecule has 280 valence electrons. The fourth-order valence-electron chi connectivity index (χ4n) is 8.46. The minimum atomic E-state index is 0.580. The van der Waals surface area contributed by atoms with Crippen molar-refractivity contribution in [1.82, 2.24) is 19.9 Å². The zero-order valence-electron chi connectivity index (χ0n) is 32.1. The van der Waals surface area contributed by atoms with Crippen LogP contribution in [0.5, 0.6) is 0 Å². The van der Waals surface area contributed by atoms with E-state index in [-0.39, 0.29) is 0 Å². The first-order chi connectivity index (χ1) is 29.7. The van der Waals surface area contributed by atoms with E-state index in [1.807, 2.05) is 84.9 Å². The van der Waals surface area contributed by atoms with Gasteiger partial charge in [-0.2, -0.15) is 0 Å². The quantitative estimate of drug-likeness (QED) is 0.168. The number of oxazole rings is 1. The highest BCUT2D eigenvalue weighted by Crippen LogP contribution is 2.41. The Bertz CT molecular complexity index is 3530. The molecule has 0 radical (unpaired) electrons. The van der Waals surface area contributed by atoms with E-state index in [1.165, 1.54) is 10.8 Å². The highest BCUT2D eigenvalue weighted by molar-refractivity contribution is 6.15. The fraction of sp³-hybridized carbons (Fsp3) is 0. The maximum absolute atomic E-state index is 6.52. The lowest BCUT2D eigenvalue weighted by Gasteiger charge is -2.13. The number of hydrogen-bond donors (Lipinski definition) is 0. The highest BCUT2D eigenvalue weighted by atomic mass is 16.4. The van der Waals surface area contributed by atoms with Crippen LogP contribution in [0, 0.1) is 0 Å². The van der Waals surface area contributed by atoms with Crippen molar-refractivity contribution in [3.63, 3.8) is 0 Å². The second-order valence-electron chi connectivity index (χ2n) is 15.0. The van der Waals surface area contributed by atoms with Crippen LogP contribution in [0.4, 0.5) is 0 Å². The van der Waals surface area contributed by atoms with Gasteiger partial charge in [-0.15, -0.1) is 0 Å². The van der Waals surface area contributed by atoms with Gasteiger partial charge in [0, 0.05) is 33.0 Å². The van der Waals surface area contributed by atoms with Gasteiger partial charge in [0.1, 0.15) is 5.58 Å². The maximum atomic E-state index is 6.52. The van der Waals surface area contributed by atoms with Crippen molar-refractivity contribution in [3.05, 3.63) is 194 Å². The molecule has 12 aromatic rings. The van der Waals surface area contributed by atoms with E-state index in [4.69, 9.17) is 28.8 Å². The molecule has 0 N–H and O–H groups in total. The number of fused-ring (bicyclic) bond motifs is 7. The van der Waals surface area contributed by atoms with Crippen LogP contribution in [-0.2, 0) is 0 Å². The second kappa shape index (κ2) is 13.7. The van der Waals surface area contributed by atoms with Crippen molar-refractivity contribution >= 4 is 54.6 Å². The number of aromatic nitrogens is 4. The van der Waals surface area contributed by atoms with Crippen LogP contribution >= 0.6 is 0 Å². The molecule has 3 aromatic heterocycles. The third-order valence-corrected chi connectivity index (χ3v) is 11.4. The second-order valence-corrected chi connectivity index (χ2v) is 15.0. The molecule has 0 saturated carbocycles. The summed E-state index contributed by atoms with van der Waals surface area (Å²) in [6, 6.07) is 66.7. The number of benzene rings is 9. The summed E-state index contributed by atoms with van der Waals surface area (Å²) in [7, 11) is 0. The molecule has 0 aliphatic rings. The van der Waals surface area contributed by atoms with Crippen LogP contribution in [0.1, 0.15) is 0 Å². The minimum Gasteiger partial charge on any atom is -0.454 e. The minimum absolute atomic E-state index is 0.580. The SMILES string of the molecule is c1ccc(-c2nc(-c3ccccc3)nc(-c3ccc(-c4ccc(-c5ccc6oc7c(ccc8oc(-c9cccc%10ccccc9%10)nc87)c6c5)c5ccccc45)cc3)n2)cc1. The smallest absolute Gasteiger partial charge is 0.228 e. The first-order valence-corrected chi connectivity index (χ1v) is 20.0. The van der Waals surface area contributed by atoms with Gasteiger partial charge in [0.15, 0.2) is 34.2 Å². The third kappa shape index (κ3) is 5.65. The maximum Gasteiger partial charge on any atom is 0.228 e. The molecule has 0 fully saturated rings. The molecule has 0 aliphatic heterocycles. The van der Waals surface area contributed by atoms with E-state index in [0.29, 0.717) is 28.9 Å². The van der Waals surface area contributed by atoms with Crippen molar-refractivity contribution in [3.8, 4) is 67.9 Å². The predicted molar refractivity (Wildman–Crippen MR) is 242 cm³/mol. The van der Waals surface area contributed by atoms with Gasteiger partial charge >= 0.3 is 0 Å². The van der Waals surface area contributed by atoms with Crippen LogP contribution in [0.25, 0.3) is 122 Å². The van der Waals surface area contributed by atoms with Crippen LogP contribution in [-0.4, -0.2) is 19.9 Å². The summed E-state index contributed by atoms with van der Waals surface area (Å²) in [5, 5.41) is 6.62. The van der Waals surface area contributed by atoms with Crippen molar-refractivity contribution < 1.29 is 8.83 Å². The molecule has 6 nitrogen and oxygen atoms in total. The average molecular weight is 769 g/mol. The van der Waals surface area contributed by atoms with E-state index >= 15 is 0 Å². The summed E-state index contributed by atoms with van der Waals surface area (Å²) < 4.78 is 12.9. The van der Waals surface area contributed by atoms with Crippen molar-refractivity contribution in [1.29, 1.82) is 0 Å². The largest absolute Gasteiger partial charge is 0.454 e. The Morgan fingerprint density at radius 1 is 0.300 bits per heavy atom. The van der Waals surface area contributed by atoms with Crippen LogP contribution in [0.3, 0.4) is 0 Å². The highest BCUT2D eigenvalue weighted by Gasteiger charge is 2.19. The summed E-state index contributed by atoms with van der Waals surface area (Å²) in [5.41, 5.74) is 11.2. The molecule has 0 unspecified atom stereocenters. The monoisotopic (exact) mass is 768 g/mol. The van der Waals surface area contributed by atoms with Crippen LogP contribution in [0.2, 0.25) is 0 Å². The summed E-state index contributed by atoms with van der Waals surface area (Å²) in [6.07, 6.45) is 0. The van der Waals surface area contributed by atoms with Crippen molar-refractivity contribution in [2.24, 2.45) is 0 Å². The molecular weight excluding hydrogens is 737 g/mol. The Labute approximate surface area is 344 Å². The standard InChI is InChI=1S/C54H32N4O2/c1-3-13-35(14-4-1)51-56-52(36-15-5-2-6-16-36)58-53(57-51)37-24-22-34(23-25-37)40-27-28-41(43-20-10-9-19-42(40)43)38-26-30-47-46(32-38)44-29-31-48-49(50(44)59-47)55-54(60-48)45-21-11-17-33-12-7-8-18-39(33)45/h1-32H. The molecule has 0 saturated heterocycles. The Hall–Kier alpha value is -8.22. The van der Waals surface area contributed by atoms with Crippen LogP contribution < -0.4 is 0 Å². The lowest BCUT2D eigenvalue weighted by atomic mass is 9.91. The molecule has 0 aliphatic carbocycles. The molecule has 0 atom stereocenters. The van der Waals surface area contributed by atoms with Crippen molar-refractivity contribution in [2.45, 2.75) is 0 Å². The molecule has 9 aromatic carbocycles. The zero-order chi connectivity index (χ0) is 39.6. The van der Waals surface area contributed by atoms with E-state index in [9.17, 15) is 0 Å². The molecule has 0 spiro atoms. The summed E-state index contributed by atoms with van der Waals surface area (Å²) in [5.74, 6) is 2.50. The Kier molecular flexibility index (Phi) is 7.74. The van der Waals surface area contributed by atoms with Crippen LogP contribution in [0.15, 0.2) is 203 Å². The Morgan fingerprint density at radius 2 is 0.833 bits per heavy atom.